The van der Waals surface area contributed by atoms with Gasteiger partial charge < -0.3 is 10.1 Å². The molecule has 1 atom stereocenters. The lowest BCUT2D eigenvalue weighted by Gasteiger charge is -2.09. The number of aromatic nitrogens is 1. The van der Waals surface area contributed by atoms with Crippen molar-refractivity contribution in [1.29, 1.82) is 0 Å². The first-order valence-electron chi connectivity index (χ1n) is 6.74. The van der Waals surface area contributed by atoms with Gasteiger partial charge in [-0.1, -0.05) is 30.3 Å². The average molecular weight is 274 g/mol. The Hall–Kier alpha value is -1.23. The minimum Gasteiger partial charge on any atom is -0.377 e. The second kappa shape index (κ2) is 6.28. The van der Waals surface area contributed by atoms with Crippen LogP contribution in [0.2, 0.25) is 0 Å². The van der Waals surface area contributed by atoms with Gasteiger partial charge in [-0.25, -0.2) is 4.98 Å². The zero-order valence-electron chi connectivity index (χ0n) is 10.8. The van der Waals surface area contributed by atoms with E-state index >= 15 is 0 Å². The monoisotopic (exact) mass is 274 g/mol. The maximum Gasteiger partial charge on any atom is 0.107 e. The largest absolute Gasteiger partial charge is 0.377 e. The predicted molar refractivity (Wildman–Crippen MR) is 78.2 cm³/mol. The highest BCUT2D eigenvalue weighted by molar-refractivity contribution is 7.09. The lowest BCUT2D eigenvalue weighted by Crippen LogP contribution is -2.25. The minimum atomic E-state index is 0.397. The highest BCUT2D eigenvalue weighted by Gasteiger charge is 2.14. The van der Waals surface area contributed by atoms with Crippen LogP contribution in [0.25, 0.3) is 11.3 Å². The Kier molecular flexibility index (Phi) is 4.23. The summed E-state index contributed by atoms with van der Waals surface area (Å²) in [6, 6.07) is 10.3. The fourth-order valence-electron chi connectivity index (χ4n) is 2.28. The fraction of sp³-hybridized carbons (Fsp3) is 0.400. The zero-order valence-corrected chi connectivity index (χ0v) is 11.7. The molecule has 1 unspecified atom stereocenters. The molecule has 1 aromatic carbocycles. The van der Waals surface area contributed by atoms with Gasteiger partial charge in [0.05, 0.1) is 11.8 Å². The molecule has 0 bridgehead atoms. The first-order chi connectivity index (χ1) is 9.42. The fourth-order valence-corrected chi connectivity index (χ4v) is 3.05. The topological polar surface area (TPSA) is 34.1 Å². The maximum absolute atomic E-state index is 5.59. The Morgan fingerprint density at radius 2 is 2.21 bits per heavy atom. The third-order valence-electron chi connectivity index (χ3n) is 3.29. The van der Waals surface area contributed by atoms with Crippen LogP contribution in [0.15, 0.2) is 35.7 Å². The summed E-state index contributed by atoms with van der Waals surface area (Å²) in [5.74, 6) is 0. The molecule has 1 aliphatic rings. The number of nitrogens with one attached hydrogen (secondary N) is 1. The van der Waals surface area contributed by atoms with Gasteiger partial charge in [-0.05, 0) is 12.8 Å². The first kappa shape index (κ1) is 12.8. The number of hydrogen-bond donors (Lipinski definition) is 1. The lowest BCUT2D eigenvalue weighted by molar-refractivity contribution is 0.110. The van der Waals surface area contributed by atoms with E-state index in [9.17, 15) is 0 Å². The van der Waals surface area contributed by atoms with E-state index in [1.807, 2.05) is 18.2 Å². The van der Waals surface area contributed by atoms with E-state index in [2.05, 4.69) is 27.8 Å². The van der Waals surface area contributed by atoms with Crippen molar-refractivity contribution in [1.82, 2.24) is 10.3 Å². The number of rotatable bonds is 5. The zero-order chi connectivity index (χ0) is 12.9. The number of ether oxygens (including phenoxy) is 1. The highest BCUT2D eigenvalue weighted by atomic mass is 32.1. The van der Waals surface area contributed by atoms with Crippen molar-refractivity contribution in [2.75, 3.05) is 13.2 Å². The van der Waals surface area contributed by atoms with E-state index in [0.29, 0.717) is 6.10 Å². The quantitative estimate of drug-likeness (QED) is 0.910. The van der Waals surface area contributed by atoms with E-state index in [-0.39, 0.29) is 0 Å². The molecule has 1 fully saturated rings. The Bertz CT molecular complexity index is 506. The molecular weight excluding hydrogens is 256 g/mol. The number of hydrogen-bond acceptors (Lipinski definition) is 4. The summed E-state index contributed by atoms with van der Waals surface area (Å²) in [4.78, 5) is 4.66. The van der Waals surface area contributed by atoms with Crippen molar-refractivity contribution in [3.05, 3.63) is 40.7 Å². The SMILES string of the molecule is c1ccc(-c2csc(CNCC3CCCO3)n2)cc1. The van der Waals surface area contributed by atoms with Crippen LogP contribution in [0, 0.1) is 0 Å². The molecule has 0 radical (unpaired) electrons. The molecule has 4 heteroatoms. The Morgan fingerprint density at radius 3 is 3.00 bits per heavy atom. The minimum absolute atomic E-state index is 0.397. The molecule has 0 saturated carbocycles. The van der Waals surface area contributed by atoms with E-state index in [1.54, 1.807) is 11.3 Å². The Labute approximate surface area is 117 Å². The third kappa shape index (κ3) is 3.41. The normalized spacial score (nSPS) is 18.8. The van der Waals surface area contributed by atoms with Gasteiger partial charge in [0.25, 0.3) is 0 Å². The lowest BCUT2D eigenvalue weighted by atomic mass is 10.2. The summed E-state index contributed by atoms with van der Waals surface area (Å²) >= 11 is 1.71. The highest BCUT2D eigenvalue weighted by Crippen LogP contribution is 2.21. The molecule has 2 aromatic rings. The smallest absolute Gasteiger partial charge is 0.107 e. The van der Waals surface area contributed by atoms with Crippen LogP contribution in [0.4, 0.5) is 0 Å². The van der Waals surface area contributed by atoms with Crippen LogP contribution in [0.1, 0.15) is 17.8 Å². The molecule has 3 nitrogen and oxygen atoms in total. The molecule has 2 heterocycles. The standard InChI is InChI=1S/C15H18N2OS/c1-2-5-12(6-3-1)14-11-19-15(17-14)10-16-9-13-7-4-8-18-13/h1-3,5-6,11,13,16H,4,7-10H2. The van der Waals surface area contributed by atoms with E-state index in [4.69, 9.17) is 4.74 Å². The van der Waals surface area contributed by atoms with Crippen LogP contribution in [0.5, 0.6) is 0 Å². The summed E-state index contributed by atoms with van der Waals surface area (Å²) in [5, 5.41) is 6.69. The van der Waals surface area contributed by atoms with E-state index in [0.717, 1.165) is 30.4 Å². The molecule has 1 aromatic heterocycles. The van der Waals surface area contributed by atoms with Gasteiger partial charge in [-0.2, -0.15) is 0 Å². The van der Waals surface area contributed by atoms with Crippen molar-refractivity contribution >= 4 is 11.3 Å². The van der Waals surface area contributed by atoms with Crippen LogP contribution in [-0.4, -0.2) is 24.2 Å². The van der Waals surface area contributed by atoms with Crippen molar-refractivity contribution in [3.8, 4) is 11.3 Å². The number of benzene rings is 1. The summed E-state index contributed by atoms with van der Waals surface area (Å²) in [5.41, 5.74) is 2.25. The summed E-state index contributed by atoms with van der Waals surface area (Å²) < 4.78 is 5.59. The second-order valence-corrected chi connectivity index (χ2v) is 5.70. The molecule has 1 aliphatic heterocycles. The van der Waals surface area contributed by atoms with Crippen LogP contribution in [-0.2, 0) is 11.3 Å². The Morgan fingerprint density at radius 1 is 1.32 bits per heavy atom. The second-order valence-electron chi connectivity index (χ2n) is 4.76. The van der Waals surface area contributed by atoms with Crippen molar-refractivity contribution < 1.29 is 4.74 Å². The maximum atomic E-state index is 5.59. The van der Waals surface area contributed by atoms with Gasteiger partial charge in [0, 0.05) is 30.6 Å². The average Bonchev–Trinajstić information content (AvgIpc) is 3.11. The molecule has 0 spiro atoms. The van der Waals surface area contributed by atoms with Crippen LogP contribution < -0.4 is 5.32 Å². The number of thiazole rings is 1. The summed E-state index contributed by atoms with van der Waals surface area (Å²) in [7, 11) is 0. The Balaban J connectivity index is 1.53. The van der Waals surface area contributed by atoms with Crippen LogP contribution >= 0.6 is 11.3 Å². The molecule has 0 amide bonds. The predicted octanol–water partition coefficient (Wildman–Crippen LogP) is 3.08. The third-order valence-corrected chi connectivity index (χ3v) is 4.14. The molecule has 19 heavy (non-hydrogen) atoms. The van der Waals surface area contributed by atoms with E-state index < -0.39 is 0 Å². The molecule has 3 rings (SSSR count). The van der Waals surface area contributed by atoms with Crippen molar-refractivity contribution in [2.45, 2.75) is 25.5 Å². The van der Waals surface area contributed by atoms with Gasteiger partial charge >= 0.3 is 0 Å². The molecular formula is C15H18N2OS. The van der Waals surface area contributed by atoms with E-state index in [1.165, 1.54) is 18.4 Å². The first-order valence-corrected chi connectivity index (χ1v) is 7.62. The summed E-state index contributed by atoms with van der Waals surface area (Å²) in [6.45, 7) is 2.68. The van der Waals surface area contributed by atoms with Crippen LogP contribution in [0.3, 0.4) is 0 Å². The van der Waals surface area contributed by atoms with Gasteiger partial charge in [0.15, 0.2) is 0 Å². The van der Waals surface area contributed by atoms with Crippen molar-refractivity contribution in [3.63, 3.8) is 0 Å². The molecule has 0 aliphatic carbocycles. The molecule has 1 N–H and O–H groups in total. The van der Waals surface area contributed by atoms with Gasteiger partial charge in [0.1, 0.15) is 5.01 Å². The van der Waals surface area contributed by atoms with Gasteiger partial charge in [-0.3, -0.25) is 0 Å². The number of nitrogens with zero attached hydrogens (tertiary/aromatic N) is 1. The summed E-state index contributed by atoms with van der Waals surface area (Å²) in [6.07, 6.45) is 2.77. The molecule has 1 saturated heterocycles. The van der Waals surface area contributed by atoms with Gasteiger partial charge in [0.2, 0.25) is 0 Å². The molecule has 100 valence electrons. The van der Waals surface area contributed by atoms with Crippen molar-refractivity contribution in [2.24, 2.45) is 0 Å². The van der Waals surface area contributed by atoms with Gasteiger partial charge in [-0.15, -0.1) is 11.3 Å².